The van der Waals surface area contributed by atoms with Gasteiger partial charge < -0.3 is 5.32 Å². The molecular formula is C17H22BrN3. The molecule has 1 aromatic carbocycles. The molecule has 1 aliphatic rings. The Balaban J connectivity index is 2.01. The summed E-state index contributed by atoms with van der Waals surface area (Å²) in [5, 5.41) is 8.51. The van der Waals surface area contributed by atoms with Crippen molar-refractivity contribution in [3.8, 4) is 5.69 Å². The average molecular weight is 348 g/mol. The van der Waals surface area contributed by atoms with Crippen LogP contribution in [0.5, 0.6) is 0 Å². The number of nitrogens with one attached hydrogen (secondary N) is 1. The van der Waals surface area contributed by atoms with Crippen molar-refractivity contribution in [1.82, 2.24) is 15.1 Å². The predicted octanol–water partition coefficient (Wildman–Crippen LogP) is 4.01. The van der Waals surface area contributed by atoms with Gasteiger partial charge >= 0.3 is 0 Å². The van der Waals surface area contributed by atoms with Crippen LogP contribution in [0.4, 0.5) is 0 Å². The summed E-state index contributed by atoms with van der Waals surface area (Å²) in [4.78, 5) is 0. The van der Waals surface area contributed by atoms with E-state index >= 15 is 0 Å². The number of hydrogen-bond acceptors (Lipinski definition) is 2. The fraction of sp³-hybridized carbons (Fsp3) is 0.471. The van der Waals surface area contributed by atoms with E-state index in [1.165, 1.54) is 29.8 Å². The Morgan fingerprint density at radius 1 is 1.24 bits per heavy atom. The molecule has 1 saturated carbocycles. The first-order valence-corrected chi connectivity index (χ1v) is 8.61. The second-order valence-electron chi connectivity index (χ2n) is 5.60. The summed E-state index contributed by atoms with van der Waals surface area (Å²) in [6.07, 6.45) is 4.62. The van der Waals surface area contributed by atoms with Gasteiger partial charge in [-0.3, -0.25) is 0 Å². The van der Waals surface area contributed by atoms with Crippen molar-refractivity contribution < 1.29 is 0 Å². The van der Waals surface area contributed by atoms with E-state index in [4.69, 9.17) is 5.10 Å². The Morgan fingerprint density at radius 2 is 2.00 bits per heavy atom. The number of hydrogen-bond donors (Lipinski definition) is 1. The van der Waals surface area contributed by atoms with Gasteiger partial charge in [0.25, 0.3) is 0 Å². The number of nitrogens with zero attached hydrogens (tertiary/aromatic N) is 2. The highest BCUT2D eigenvalue weighted by molar-refractivity contribution is 9.10. The van der Waals surface area contributed by atoms with E-state index in [0.717, 1.165) is 35.6 Å². The van der Waals surface area contributed by atoms with Crippen LogP contribution in [-0.4, -0.2) is 15.8 Å². The third-order valence-corrected chi connectivity index (χ3v) is 4.74. The molecule has 1 heterocycles. The second kappa shape index (κ2) is 6.32. The zero-order valence-electron chi connectivity index (χ0n) is 12.7. The number of aromatic nitrogens is 2. The first kappa shape index (κ1) is 14.8. The van der Waals surface area contributed by atoms with Crippen LogP contribution in [0.15, 0.2) is 28.7 Å². The van der Waals surface area contributed by atoms with E-state index in [0.29, 0.717) is 0 Å². The number of aryl methyl sites for hydroxylation is 1. The maximum absolute atomic E-state index is 4.88. The molecule has 1 N–H and O–H groups in total. The molecule has 2 aromatic rings. The van der Waals surface area contributed by atoms with Crippen molar-refractivity contribution in [2.45, 2.75) is 52.1 Å². The molecule has 112 valence electrons. The van der Waals surface area contributed by atoms with Gasteiger partial charge in [-0.25, -0.2) is 4.68 Å². The highest BCUT2D eigenvalue weighted by Crippen LogP contribution is 2.26. The maximum Gasteiger partial charge on any atom is 0.0790 e. The highest BCUT2D eigenvalue weighted by atomic mass is 79.9. The normalized spacial score (nSPS) is 14.6. The third kappa shape index (κ3) is 3.06. The minimum absolute atomic E-state index is 0.728. The Labute approximate surface area is 134 Å². The number of halogens is 1. The lowest BCUT2D eigenvalue weighted by atomic mass is 10.1. The Kier molecular flexibility index (Phi) is 4.45. The predicted molar refractivity (Wildman–Crippen MR) is 89.9 cm³/mol. The molecule has 0 saturated heterocycles. The van der Waals surface area contributed by atoms with Crippen LogP contribution in [0, 0.1) is 0 Å². The van der Waals surface area contributed by atoms with Gasteiger partial charge in [-0.05, 0) is 53.7 Å². The molecule has 21 heavy (non-hydrogen) atoms. The zero-order chi connectivity index (χ0) is 14.8. The van der Waals surface area contributed by atoms with E-state index in [1.807, 2.05) is 6.07 Å². The molecule has 4 heteroatoms. The summed E-state index contributed by atoms with van der Waals surface area (Å²) >= 11 is 3.65. The molecule has 3 rings (SSSR count). The van der Waals surface area contributed by atoms with Gasteiger partial charge in [-0.1, -0.05) is 26.0 Å². The van der Waals surface area contributed by atoms with Gasteiger partial charge in [0.15, 0.2) is 0 Å². The van der Waals surface area contributed by atoms with Crippen LogP contribution in [0.3, 0.4) is 0 Å². The maximum atomic E-state index is 4.88. The van der Waals surface area contributed by atoms with Crippen LogP contribution in [0.2, 0.25) is 0 Å². The van der Waals surface area contributed by atoms with Crippen molar-refractivity contribution in [3.05, 3.63) is 45.7 Å². The van der Waals surface area contributed by atoms with Crippen molar-refractivity contribution in [2.75, 3.05) is 0 Å². The van der Waals surface area contributed by atoms with E-state index in [-0.39, 0.29) is 0 Å². The zero-order valence-corrected chi connectivity index (χ0v) is 14.3. The summed E-state index contributed by atoms with van der Waals surface area (Å²) in [5.74, 6) is 0. The van der Waals surface area contributed by atoms with Crippen LogP contribution >= 0.6 is 15.9 Å². The van der Waals surface area contributed by atoms with E-state index in [9.17, 15) is 0 Å². The first-order chi connectivity index (χ1) is 10.2. The number of para-hydroxylation sites is 1. The van der Waals surface area contributed by atoms with Gasteiger partial charge in [0.2, 0.25) is 0 Å². The third-order valence-electron chi connectivity index (χ3n) is 4.07. The van der Waals surface area contributed by atoms with Crippen molar-refractivity contribution in [2.24, 2.45) is 0 Å². The fourth-order valence-electron chi connectivity index (χ4n) is 2.74. The molecule has 0 aliphatic heterocycles. The van der Waals surface area contributed by atoms with Gasteiger partial charge in [0.1, 0.15) is 0 Å². The quantitative estimate of drug-likeness (QED) is 0.855. The largest absolute Gasteiger partial charge is 0.310 e. The molecule has 0 spiro atoms. The second-order valence-corrected chi connectivity index (χ2v) is 6.45. The molecule has 0 amide bonds. The van der Waals surface area contributed by atoms with Crippen molar-refractivity contribution >= 4 is 15.9 Å². The molecule has 0 bridgehead atoms. The monoisotopic (exact) mass is 347 g/mol. The summed E-state index contributed by atoms with van der Waals surface area (Å²) in [6.45, 7) is 5.35. The molecular weight excluding hydrogens is 326 g/mol. The van der Waals surface area contributed by atoms with Gasteiger partial charge in [-0.15, -0.1) is 0 Å². The highest BCUT2D eigenvalue weighted by Gasteiger charge is 2.23. The van der Waals surface area contributed by atoms with Crippen LogP contribution in [0.25, 0.3) is 5.69 Å². The first-order valence-electron chi connectivity index (χ1n) is 7.82. The van der Waals surface area contributed by atoms with Gasteiger partial charge in [0.05, 0.1) is 11.4 Å². The van der Waals surface area contributed by atoms with Crippen LogP contribution in [-0.2, 0) is 19.4 Å². The standard InChI is InChI=1S/C17H22BrN3/c1-3-15-13(11-19-12-9-10-12)16(4-2)21(20-15)17-8-6-5-7-14(17)18/h5-8,12,19H,3-4,9-11H2,1-2H3. The van der Waals surface area contributed by atoms with Gasteiger partial charge in [-0.2, -0.15) is 5.10 Å². The summed E-state index contributed by atoms with van der Waals surface area (Å²) in [6, 6.07) is 9.03. The SMILES string of the molecule is CCc1nn(-c2ccccc2Br)c(CC)c1CNC1CC1. The van der Waals surface area contributed by atoms with Gasteiger partial charge in [0, 0.05) is 28.3 Å². The van der Waals surface area contributed by atoms with Crippen LogP contribution < -0.4 is 5.32 Å². The Morgan fingerprint density at radius 3 is 2.62 bits per heavy atom. The average Bonchev–Trinajstić information content (AvgIpc) is 3.26. The minimum Gasteiger partial charge on any atom is -0.310 e. The summed E-state index contributed by atoms with van der Waals surface area (Å²) < 4.78 is 3.21. The molecule has 1 aromatic heterocycles. The Bertz CT molecular complexity index is 629. The van der Waals surface area contributed by atoms with E-state index in [1.54, 1.807) is 0 Å². The van der Waals surface area contributed by atoms with Crippen molar-refractivity contribution in [3.63, 3.8) is 0 Å². The molecule has 0 unspecified atom stereocenters. The lowest BCUT2D eigenvalue weighted by Crippen LogP contribution is -2.17. The number of benzene rings is 1. The van der Waals surface area contributed by atoms with E-state index in [2.05, 4.69) is 58.0 Å². The fourth-order valence-corrected chi connectivity index (χ4v) is 3.20. The number of rotatable bonds is 6. The van der Waals surface area contributed by atoms with Crippen LogP contribution in [0.1, 0.15) is 43.6 Å². The summed E-state index contributed by atoms with van der Waals surface area (Å²) in [5.41, 5.74) is 5.06. The lowest BCUT2D eigenvalue weighted by molar-refractivity contribution is 0.677. The molecule has 0 atom stereocenters. The smallest absolute Gasteiger partial charge is 0.0790 e. The minimum atomic E-state index is 0.728. The lowest BCUT2D eigenvalue weighted by Gasteiger charge is -2.10. The molecule has 1 aliphatic carbocycles. The van der Waals surface area contributed by atoms with Crippen molar-refractivity contribution in [1.29, 1.82) is 0 Å². The molecule has 0 radical (unpaired) electrons. The Hall–Kier alpha value is -1.13. The topological polar surface area (TPSA) is 29.9 Å². The molecule has 3 nitrogen and oxygen atoms in total. The van der Waals surface area contributed by atoms with E-state index < -0.39 is 0 Å². The summed E-state index contributed by atoms with van der Waals surface area (Å²) in [7, 11) is 0. The molecule has 1 fully saturated rings.